The van der Waals surface area contributed by atoms with Gasteiger partial charge in [0.25, 0.3) is 5.91 Å². The molecular weight excluding hydrogens is 467 g/mol. The molecule has 0 bridgehead atoms. The zero-order chi connectivity index (χ0) is 24.7. The fraction of sp³-hybridized carbons (Fsp3) is 0.261. The molecule has 1 aromatic heterocycles. The Labute approximate surface area is 199 Å². The number of nitrogens with zero attached hydrogens (tertiary/aromatic N) is 2. The molecule has 0 aliphatic heterocycles. The van der Waals surface area contributed by atoms with Crippen LogP contribution in [0.2, 0.25) is 0 Å². The second kappa shape index (κ2) is 11.2. The van der Waals surface area contributed by atoms with Crippen LogP contribution in [0.3, 0.4) is 0 Å². The number of amides is 1. The average molecular weight is 492 g/mol. The van der Waals surface area contributed by atoms with E-state index >= 15 is 0 Å². The van der Waals surface area contributed by atoms with Crippen LogP contribution in [0.4, 0.5) is 30.6 Å². The summed E-state index contributed by atoms with van der Waals surface area (Å²) in [5.41, 5.74) is 2.28. The van der Waals surface area contributed by atoms with Gasteiger partial charge in [-0.05, 0) is 42.5 Å². The minimum absolute atomic E-state index is 0.0162. The number of hydrogen-bond donors (Lipinski definition) is 4. The Bertz CT molecular complexity index is 1130. The van der Waals surface area contributed by atoms with E-state index in [1.807, 2.05) is 42.8 Å². The summed E-state index contributed by atoms with van der Waals surface area (Å²) >= 11 is 1.61. The van der Waals surface area contributed by atoms with Gasteiger partial charge in [0.2, 0.25) is 5.95 Å². The smallest absolute Gasteiger partial charge is 0.394 e. The maximum Gasteiger partial charge on any atom is 0.405 e. The van der Waals surface area contributed by atoms with Crippen molar-refractivity contribution in [1.29, 1.82) is 0 Å². The van der Waals surface area contributed by atoms with Gasteiger partial charge in [0.1, 0.15) is 17.9 Å². The molecule has 3 aromatic rings. The summed E-state index contributed by atoms with van der Waals surface area (Å²) in [6.45, 7) is 0.134. The molecule has 1 unspecified atom stereocenters. The molecule has 0 saturated carbocycles. The summed E-state index contributed by atoms with van der Waals surface area (Å²) in [6, 6.07) is 14.0. The van der Waals surface area contributed by atoms with Crippen LogP contribution in [0.15, 0.2) is 59.6 Å². The minimum atomic E-state index is -4.57. The van der Waals surface area contributed by atoms with E-state index in [9.17, 15) is 23.1 Å². The van der Waals surface area contributed by atoms with Crippen molar-refractivity contribution in [3.8, 4) is 0 Å². The van der Waals surface area contributed by atoms with Crippen molar-refractivity contribution >= 4 is 35.1 Å². The number of carbonyl (C=O) groups is 1. The first-order valence-corrected chi connectivity index (χ1v) is 11.5. The fourth-order valence-electron chi connectivity index (χ4n) is 3.16. The van der Waals surface area contributed by atoms with Crippen LogP contribution < -0.4 is 16.0 Å². The number of aliphatic hydroxyl groups is 1. The van der Waals surface area contributed by atoms with Gasteiger partial charge in [-0.2, -0.15) is 18.2 Å². The molecule has 11 heteroatoms. The quantitative estimate of drug-likeness (QED) is 0.322. The molecule has 0 radical (unpaired) electrons. The second-order valence-electron chi connectivity index (χ2n) is 7.35. The van der Waals surface area contributed by atoms with Gasteiger partial charge in [0.15, 0.2) is 0 Å². The first-order chi connectivity index (χ1) is 16.2. The Morgan fingerprint density at radius 3 is 2.53 bits per heavy atom. The van der Waals surface area contributed by atoms with E-state index in [1.54, 1.807) is 36.0 Å². The van der Waals surface area contributed by atoms with E-state index in [-0.39, 0.29) is 23.9 Å². The van der Waals surface area contributed by atoms with Crippen molar-refractivity contribution in [2.45, 2.75) is 24.0 Å². The van der Waals surface area contributed by atoms with Gasteiger partial charge in [0.05, 0.1) is 12.6 Å². The highest BCUT2D eigenvalue weighted by atomic mass is 32.2. The predicted molar refractivity (Wildman–Crippen MR) is 127 cm³/mol. The minimum Gasteiger partial charge on any atom is -0.394 e. The van der Waals surface area contributed by atoms with Crippen molar-refractivity contribution in [2.24, 2.45) is 0 Å². The highest BCUT2D eigenvalue weighted by molar-refractivity contribution is 7.98. The number of thioether (sulfide) groups is 1. The van der Waals surface area contributed by atoms with Crippen molar-refractivity contribution in [1.82, 2.24) is 15.3 Å². The number of nitrogens with one attached hydrogen (secondary N) is 3. The van der Waals surface area contributed by atoms with Crippen LogP contribution >= 0.6 is 11.8 Å². The van der Waals surface area contributed by atoms with Gasteiger partial charge >= 0.3 is 6.18 Å². The van der Waals surface area contributed by atoms with Gasteiger partial charge < -0.3 is 21.1 Å². The molecule has 3 rings (SSSR count). The number of hydrogen-bond acceptors (Lipinski definition) is 7. The van der Waals surface area contributed by atoms with Gasteiger partial charge in [-0.3, -0.25) is 4.79 Å². The third-order valence-electron chi connectivity index (χ3n) is 4.83. The van der Waals surface area contributed by atoms with E-state index in [2.05, 4.69) is 20.6 Å². The Hall–Kier alpha value is -3.31. The monoisotopic (exact) mass is 491 g/mol. The third kappa shape index (κ3) is 6.84. The molecule has 4 N–H and O–H groups in total. The first-order valence-electron chi connectivity index (χ1n) is 10.3. The summed E-state index contributed by atoms with van der Waals surface area (Å²) in [5.74, 6) is -0.871. The Morgan fingerprint density at radius 2 is 1.91 bits per heavy atom. The van der Waals surface area contributed by atoms with Crippen LogP contribution in [0.1, 0.15) is 27.5 Å². The summed E-state index contributed by atoms with van der Waals surface area (Å²) in [7, 11) is 0. The lowest BCUT2D eigenvalue weighted by molar-refractivity contribution is -0.123. The summed E-state index contributed by atoms with van der Waals surface area (Å²) in [5, 5.41) is 17.7. The fourth-order valence-corrected chi connectivity index (χ4v) is 3.75. The molecular formula is C23H24F3N5O2S. The Morgan fingerprint density at radius 1 is 1.18 bits per heavy atom. The van der Waals surface area contributed by atoms with Gasteiger partial charge in [0, 0.05) is 16.8 Å². The van der Waals surface area contributed by atoms with Crippen LogP contribution in [0.5, 0.6) is 0 Å². The molecule has 0 aliphatic carbocycles. The third-order valence-corrected chi connectivity index (χ3v) is 5.73. The number of aliphatic hydroxyl groups excluding tert-OH is 1. The topological polar surface area (TPSA) is 99.2 Å². The Balaban J connectivity index is 1.92. The van der Waals surface area contributed by atoms with Gasteiger partial charge in [-0.1, -0.05) is 30.3 Å². The summed E-state index contributed by atoms with van der Waals surface area (Å²) < 4.78 is 37.8. The lowest BCUT2D eigenvalue weighted by Gasteiger charge is -2.20. The zero-order valence-corrected chi connectivity index (χ0v) is 19.3. The molecule has 0 fully saturated rings. The predicted octanol–water partition coefficient (Wildman–Crippen LogP) is 4.69. The number of carbonyl (C=O) groups excluding carboxylic acids is 1. The lowest BCUT2D eigenvalue weighted by atomic mass is 10.1. The molecule has 2 aromatic carbocycles. The zero-order valence-electron chi connectivity index (χ0n) is 18.5. The van der Waals surface area contributed by atoms with Crippen molar-refractivity contribution in [3.63, 3.8) is 0 Å². The molecule has 0 aliphatic rings. The number of halogens is 3. The van der Waals surface area contributed by atoms with Crippen molar-refractivity contribution in [3.05, 3.63) is 71.4 Å². The van der Waals surface area contributed by atoms with E-state index in [1.165, 1.54) is 0 Å². The van der Waals surface area contributed by atoms with Crippen molar-refractivity contribution < 1.29 is 23.1 Å². The summed E-state index contributed by atoms with van der Waals surface area (Å²) in [6.07, 6.45) is -1.45. The normalized spacial score (nSPS) is 12.2. The maximum atomic E-state index is 12.6. The maximum absolute atomic E-state index is 12.6. The van der Waals surface area contributed by atoms with Crippen molar-refractivity contribution in [2.75, 3.05) is 30.0 Å². The highest BCUT2D eigenvalue weighted by Gasteiger charge is 2.29. The van der Waals surface area contributed by atoms with E-state index < -0.39 is 24.7 Å². The summed E-state index contributed by atoms with van der Waals surface area (Å²) in [4.78, 5) is 22.0. The first kappa shape index (κ1) is 25.3. The number of alkyl halides is 3. The molecule has 7 nitrogen and oxygen atoms in total. The largest absolute Gasteiger partial charge is 0.405 e. The molecule has 1 amide bonds. The average Bonchev–Trinajstić information content (AvgIpc) is 2.81. The number of benzene rings is 2. The van der Waals surface area contributed by atoms with Crippen LogP contribution in [0, 0.1) is 6.92 Å². The number of aryl methyl sites for hydroxylation is 1. The molecule has 0 saturated heterocycles. The standard InChI is InChI=1S/C23H24F3N5O2S/c1-14-10-16(8-9-19(14)34-2)29-22-27-11-17(21(33)28-13-23(24,25)26)20(31-22)30-18(12-32)15-6-4-3-5-7-15/h3-11,18,32H,12-13H2,1-2H3,(H,28,33)(H2,27,29,30,31). The SMILES string of the molecule is CSc1ccc(Nc2ncc(C(=O)NCC(F)(F)F)c(NC(CO)c3ccccc3)n2)cc1C. The number of anilines is 3. The molecule has 34 heavy (non-hydrogen) atoms. The van der Waals surface area contributed by atoms with Crippen LogP contribution in [-0.2, 0) is 0 Å². The van der Waals surface area contributed by atoms with E-state index in [0.717, 1.165) is 16.7 Å². The second-order valence-corrected chi connectivity index (χ2v) is 8.20. The van der Waals surface area contributed by atoms with Gasteiger partial charge in [-0.15, -0.1) is 11.8 Å². The number of aromatic nitrogens is 2. The van der Waals surface area contributed by atoms with Crippen LogP contribution in [0.25, 0.3) is 0 Å². The molecule has 1 atom stereocenters. The van der Waals surface area contributed by atoms with Crippen LogP contribution in [-0.4, -0.2) is 46.6 Å². The molecule has 0 spiro atoms. The van der Waals surface area contributed by atoms with Gasteiger partial charge in [-0.25, -0.2) is 4.98 Å². The van der Waals surface area contributed by atoms with E-state index in [4.69, 9.17) is 0 Å². The number of rotatable bonds is 9. The Kier molecular flexibility index (Phi) is 8.35. The lowest BCUT2D eigenvalue weighted by Crippen LogP contribution is -2.34. The molecule has 180 valence electrons. The molecule has 1 heterocycles. The van der Waals surface area contributed by atoms with E-state index in [0.29, 0.717) is 11.3 Å². The highest BCUT2D eigenvalue weighted by Crippen LogP contribution is 2.26.